The summed E-state index contributed by atoms with van der Waals surface area (Å²) in [4.78, 5) is 10.1. The maximum atomic E-state index is 4.50. The molecule has 0 saturated carbocycles. The van der Waals surface area contributed by atoms with Gasteiger partial charge in [-0.05, 0) is 23.8 Å². The third-order valence-electron chi connectivity index (χ3n) is 4.02. The highest BCUT2D eigenvalue weighted by molar-refractivity contribution is 14.0. The number of halogens is 1. The molecule has 1 heterocycles. The monoisotopic (exact) mass is 492 g/mol. The van der Waals surface area contributed by atoms with Crippen LogP contribution < -0.4 is 10.6 Å². The standard InChI is InChI=1S/C21H24N4S.HI/c1-16(26-19-11-4-3-5-12-19)14-24-21(22-2)25-15-18-9-6-8-17-10-7-13-23-20(17)18;/h3-13,16H,14-15H2,1-2H3,(H2,22,24,25);1H. The van der Waals surface area contributed by atoms with Crippen LogP contribution in [0.3, 0.4) is 0 Å². The summed E-state index contributed by atoms with van der Waals surface area (Å²) >= 11 is 1.86. The number of aliphatic imine (C=N–C) groups is 1. The molecule has 1 atom stereocenters. The SMILES string of the molecule is CN=C(NCc1cccc2cccnc12)NCC(C)Sc1ccccc1.I. The first-order valence-electron chi connectivity index (χ1n) is 8.75. The number of aromatic nitrogens is 1. The topological polar surface area (TPSA) is 49.3 Å². The first-order valence-corrected chi connectivity index (χ1v) is 9.63. The summed E-state index contributed by atoms with van der Waals surface area (Å²) in [7, 11) is 1.80. The van der Waals surface area contributed by atoms with Gasteiger partial charge in [0, 0.05) is 41.9 Å². The number of thioether (sulfide) groups is 1. The van der Waals surface area contributed by atoms with E-state index in [0.29, 0.717) is 11.8 Å². The lowest BCUT2D eigenvalue weighted by Crippen LogP contribution is -2.39. The van der Waals surface area contributed by atoms with Crippen LogP contribution >= 0.6 is 35.7 Å². The number of hydrogen-bond donors (Lipinski definition) is 2. The number of fused-ring (bicyclic) bond motifs is 1. The fourth-order valence-electron chi connectivity index (χ4n) is 2.72. The van der Waals surface area contributed by atoms with Gasteiger partial charge in [0.2, 0.25) is 0 Å². The van der Waals surface area contributed by atoms with Crippen LogP contribution in [0, 0.1) is 0 Å². The Morgan fingerprint density at radius 2 is 1.81 bits per heavy atom. The van der Waals surface area contributed by atoms with Gasteiger partial charge in [-0.25, -0.2) is 0 Å². The van der Waals surface area contributed by atoms with Crippen molar-refractivity contribution in [2.45, 2.75) is 23.6 Å². The summed E-state index contributed by atoms with van der Waals surface area (Å²) in [5, 5.41) is 8.39. The quantitative estimate of drug-likeness (QED) is 0.227. The fourth-order valence-corrected chi connectivity index (χ4v) is 3.67. The van der Waals surface area contributed by atoms with Crippen LogP contribution in [-0.2, 0) is 6.54 Å². The molecule has 2 aromatic carbocycles. The Bertz CT molecular complexity index is 865. The van der Waals surface area contributed by atoms with Gasteiger partial charge in [-0.1, -0.05) is 49.4 Å². The minimum absolute atomic E-state index is 0. The second kappa shape index (κ2) is 11.1. The van der Waals surface area contributed by atoms with Gasteiger partial charge in [0.25, 0.3) is 0 Å². The van der Waals surface area contributed by atoms with E-state index >= 15 is 0 Å². The van der Waals surface area contributed by atoms with E-state index in [4.69, 9.17) is 0 Å². The van der Waals surface area contributed by atoms with Gasteiger partial charge < -0.3 is 10.6 Å². The van der Waals surface area contributed by atoms with Gasteiger partial charge >= 0.3 is 0 Å². The molecular formula is C21H25IN4S. The lowest BCUT2D eigenvalue weighted by atomic mass is 10.1. The van der Waals surface area contributed by atoms with Crippen molar-refractivity contribution in [3.8, 4) is 0 Å². The molecule has 0 aliphatic carbocycles. The molecule has 0 radical (unpaired) electrons. The first kappa shape index (κ1) is 21.5. The maximum absolute atomic E-state index is 4.50. The second-order valence-corrected chi connectivity index (χ2v) is 7.55. The Morgan fingerprint density at radius 1 is 1.04 bits per heavy atom. The normalized spacial score (nSPS) is 12.3. The van der Waals surface area contributed by atoms with Crippen molar-refractivity contribution in [2.24, 2.45) is 4.99 Å². The van der Waals surface area contributed by atoms with Gasteiger partial charge in [-0.15, -0.1) is 35.7 Å². The third kappa shape index (κ3) is 6.39. The van der Waals surface area contributed by atoms with Gasteiger partial charge in [0.05, 0.1) is 5.52 Å². The molecule has 3 rings (SSSR count). The number of nitrogens with zero attached hydrogens (tertiary/aromatic N) is 2. The van der Waals surface area contributed by atoms with Crippen molar-refractivity contribution >= 4 is 52.6 Å². The van der Waals surface area contributed by atoms with Gasteiger partial charge in [-0.3, -0.25) is 9.98 Å². The molecule has 6 heteroatoms. The van der Waals surface area contributed by atoms with E-state index in [1.165, 1.54) is 4.90 Å². The Balaban J connectivity index is 0.00000261. The average Bonchev–Trinajstić information content (AvgIpc) is 2.69. The van der Waals surface area contributed by atoms with Crippen LogP contribution in [-0.4, -0.2) is 29.8 Å². The number of pyridine rings is 1. The number of guanidine groups is 1. The molecule has 0 aliphatic rings. The predicted molar refractivity (Wildman–Crippen MR) is 127 cm³/mol. The van der Waals surface area contributed by atoms with Crippen molar-refractivity contribution in [1.82, 2.24) is 15.6 Å². The summed E-state index contributed by atoms with van der Waals surface area (Å²) in [5.74, 6) is 0.804. The first-order chi connectivity index (χ1) is 12.8. The molecule has 27 heavy (non-hydrogen) atoms. The van der Waals surface area contributed by atoms with Crippen molar-refractivity contribution in [3.63, 3.8) is 0 Å². The van der Waals surface area contributed by atoms with Crippen molar-refractivity contribution in [1.29, 1.82) is 0 Å². The lowest BCUT2D eigenvalue weighted by Gasteiger charge is -2.16. The molecule has 3 aromatic rings. The molecule has 0 aliphatic heterocycles. The van der Waals surface area contributed by atoms with E-state index in [-0.39, 0.29) is 24.0 Å². The summed E-state index contributed by atoms with van der Waals surface area (Å²) in [6.45, 7) is 3.74. The summed E-state index contributed by atoms with van der Waals surface area (Å²) < 4.78 is 0. The molecule has 2 N–H and O–H groups in total. The van der Waals surface area contributed by atoms with Gasteiger partial charge in [0.1, 0.15) is 0 Å². The highest BCUT2D eigenvalue weighted by atomic mass is 127. The molecule has 1 unspecified atom stereocenters. The number of rotatable bonds is 6. The molecule has 4 nitrogen and oxygen atoms in total. The molecule has 0 spiro atoms. The van der Waals surface area contributed by atoms with Crippen LogP contribution in [0.15, 0.2) is 76.7 Å². The Morgan fingerprint density at radius 3 is 2.59 bits per heavy atom. The van der Waals surface area contributed by atoms with Crippen LogP contribution in [0.4, 0.5) is 0 Å². The molecule has 0 amide bonds. The fraction of sp³-hybridized carbons (Fsp3) is 0.238. The number of para-hydroxylation sites is 1. The highest BCUT2D eigenvalue weighted by Gasteiger charge is 2.07. The summed E-state index contributed by atoms with van der Waals surface area (Å²) in [6, 6.07) is 20.8. The van der Waals surface area contributed by atoms with Gasteiger partial charge in [-0.2, -0.15) is 0 Å². The van der Waals surface area contributed by atoms with Crippen LogP contribution in [0.2, 0.25) is 0 Å². The minimum Gasteiger partial charge on any atom is -0.355 e. The Kier molecular flexibility index (Phi) is 8.87. The largest absolute Gasteiger partial charge is 0.355 e. The molecule has 142 valence electrons. The highest BCUT2D eigenvalue weighted by Crippen LogP contribution is 2.22. The van der Waals surface area contributed by atoms with Crippen molar-refractivity contribution in [2.75, 3.05) is 13.6 Å². The molecule has 0 fully saturated rings. The van der Waals surface area contributed by atoms with Crippen LogP contribution in [0.1, 0.15) is 12.5 Å². The number of hydrogen-bond acceptors (Lipinski definition) is 3. The smallest absolute Gasteiger partial charge is 0.191 e. The second-order valence-electron chi connectivity index (χ2n) is 6.04. The molecule has 0 saturated heterocycles. The zero-order valence-electron chi connectivity index (χ0n) is 15.6. The third-order valence-corrected chi connectivity index (χ3v) is 5.14. The van der Waals surface area contributed by atoms with E-state index < -0.39 is 0 Å². The molecular weight excluding hydrogens is 467 g/mol. The van der Waals surface area contributed by atoms with E-state index in [0.717, 1.165) is 29.0 Å². The lowest BCUT2D eigenvalue weighted by molar-refractivity contribution is 0.791. The van der Waals surface area contributed by atoms with E-state index in [1.807, 2.05) is 30.1 Å². The van der Waals surface area contributed by atoms with Gasteiger partial charge in [0.15, 0.2) is 5.96 Å². The summed E-state index contributed by atoms with van der Waals surface area (Å²) in [5.41, 5.74) is 2.20. The Labute approximate surface area is 182 Å². The maximum Gasteiger partial charge on any atom is 0.191 e. The number of benzene rings is 2. The van der Waals surface area contributed by atoms with Crippen LogP contribution in [0.5, 0.6) is 0 Å². The average molecular weight is 492 g/mol. The predicted octanol–water partition coefficient (Wildman–Crippen LogP) is 4.70. The van der Waals surface area contributed by atoms with E-state index in [1.54, 1.807) is 7.05 Å². The summed E-state index contributed by atoms with van der Waals surface area (Å²) in [6.07, 6.45) is 1.83. The minimum atomic E-state index is 0. The number of nitrogens with one attached hydrogen (secondary N) is 2. The van der Waals surface area contributed by atoms with E-state index in [2.05, 4.69) is 76.1 Å². The zero-order valence-corrected chi connectivity index (χ0v) is 18.7. The van der Waals surface area contributed by atoms with Crippen LogP contribution in [0.25, 0.3) is 10.9 Å². The Hall–Kier alpha value is -1.80. The van der Waals surface area contributed by atoms with Crippen molar-refractivity contribution < 1.29 is 0 Å². The van der Waals surface area contributed by atoms with E-state index in [9.17, 15) is 0 Å². The zero-order chi connectivity index (χ0) is 18.2. The van der Waals surface area contributed by atoms with Crippen molar-refractivity contribution in [3.05, 3.63) is 72.4 Å². The molecule has 1 aromatic heterocycles. The molecule has 0 bridgehead atoms.